The minimum absolute atomic E-state index is 0.192. The molecule has 0 aliphatic heterocycles. The quantitative estimate of drug-likeness (QED) is 0.153. The Morgan fingerprint density at radius 2 is 0.705 bits per heavy atom. The molecule has 78 heavy (non-hydrogen) atoms. The molecular weight excluding hydrogens is 1020 g/mol. The molecule has 382 valence electrons. The fourth-order valence-electron chi connectivity index (χ4n) is 13.0. The summed E-state index contributed by atoms with van der Waals surface area (Å²) in [6.45, 7) is 8.65. The summed E-state index contributed by atoms with van der Waals surface area (Å²) in [6.07, 6.45) is -9.08. The number of alkyl halides is 6. The molecule has 12 aromatic rings. The molecule has 0 N–H and O–H groups in total. The number of fused-ring (bicyclic) bond motifs is 15. The van der Waals surface area contributed by atoms with E-state index in [1.807, 2.05) is 86.6 Å². The van der Waals surface area contributed by atoms with Crippen LogP contribution in [-0.2, 0) is 23.2 Å². The summed E-state index contributed by atoms with van der Waals surface area (Å²) in [7, 11) is 0. The Balaban J connectivity index is 1.06. The van der Waals surface area contributed by atoms with Gasteiger partial charge in [0.25, 0.3) is 0 Å². The second-order valence-electron chi connectivity index (χ2n) is 21.1. The van der Waals surface area contributed by atoms with E-state index in [1.54, 1.807) is 12.1 Å². The largest absolute Gasteiger partial charge is 0.417 e. The van der Waals surface area contributed by atoms with Gasteiger partial charge in [-0.15, -0.1) is 22.7 Å². The normalized spacial score (nSPS) is 14.2. The molecule has 0 unspecified atom stereocenters. The zero-order chi connectivity index (χ0) is 53.6. The average molecular weight is 1070 g/mol. The summed E-state index contributed by atoms with van der Waals surface area (Å²) in [5.41, 5.74) is 13.3. The fourth-order valence-corrected chi connectivity index (χ4v) is 15.6. The number of hydrogen-bond acceptors (Lipinski definition) is 4. The van der Waals surface area contributed by atoms with Gasteiger partial charge in [0.1, 0.15) is 0 Å². The van der Waals surface area contributed by atoms with Crippen molar-refractivity contribution in [2.24, 2.45) is 0 Å². The van der Waals surface area contributed by atoms with E-state index in [0.717, 1.165) is 122 Å². The van der Waals surface area contributed by atoms with Crippen molar-refractivity contribution in [1.29, 1.82) is 0 Å². The number of aryl methyl sites for hydroxylation is 2. The molecule has 0 atom stereocenters. The minimum Gasteiger partial charge on any atom is -0.309 e. The van der Waals surface area contributed by atoms with Gasteiger partial charge in [0.05, 0.1) is 37.3 Å². The number of nitrogens with zero attached hydrogens (tertiary/aromatic N) is 2. The first-order chi connectivity index (χ1) is 37.5. The van der Waals surface area contributed by atoms with Gasteiger partial charge in [0.2, 0.25) is 0 Å². The highest BCUT2D eigenvalue weighted by molar-refractivity contribution is 7.27. The van der Waals surface area contributed by atoms with E-state index >= 15 is 0 Å². The summed E-state index contributed by atoms with van der Waals surface area (Å²) >= 11 is 2.33. The summed E-state index contributed by atoms with van der Waals surface area (Å²) in [6, 6.07) is 67.7. The van der Waals surface area contributed by atoms with E-state index in [1.165, 1.54) is 34.4 Å². The van der Waals surface area contributed by atoms with Crippen LogP contribution < -0.4 is 9.80 Å². The van der Waals surface area contributed by atoms with Crippen molar-refractivity contribution >= 4 is 97.1 Å². The number of benzene rings is 10. The van der Waals surface area contributed by atoms with Gasteiger partial charge in [0.15, 0.2) is 0 Å². The molecule has 0 bridgehead atoms. The average Bonchev–Trinajstić information content (AvgIpc) is 3.32. The monoisotopic (exact) mass is 1070 g/mol. The van der Waals surface area contributed by atoms with Crippen LogP contribution in [0.25, 0.3) is 51.5 Å². The standard InChI is InChI=1S/C68H46F6N2S2/c1-39-15-9-17-41(35-39)75(59-29-13-21-47-45-19-11-27-57(67(69,70)71)61(45)77-63(47)59)43-31-33-51-49(37-43)50-38-44(32-34-52(50)66(51)55-25-7-5-23-53(55)65(3,4)54-24-6-8-26-56(54)66)76(42-18-10-16-40(2)36-42)60-30-14-22-48-46-20-12-28-58(68(72,73)74)62(46)78-64(48)60/h5-38H,1-4H3. The fraction of sp³-hybridized carbons (Fsp3) is 0.118. The third-order valence-electron chi connectivity index (χ3n) is 16.2. The first-order valence-corrected chi connectivity index (χ1v) is 27.4. The number of halogens is 6. The summed E-state index contributed by atoms with van der Waals surface area (Å²) in [4.78, 5) is 4.35. The van der Waals surface area contributed by atoms with E-state index in [-0.39, 0.29) is 14.8 Å². The maximum atomic E-state index is 14.7. The van der Waals surface area contributed by atoms with Gasteiger partial charge in [-0.25, -0.2) is 0 Å². The van der Waals surface area contributed by atoms with Crippen LogP contribution in [0.4, 0.5) is 60.5 Å². The molecule has 0 saturated heterocycles. The van der Waals surface area contributed by atoms with Gasteiger partial charge < -0.3 is 9.80 Å². The van der Waals surface area contributed by atoms with Crippen LogP contribution in [0.15, 0.2) is 206 Å². The molecule has 0 fully saturated rings. The Kier molecular flexibility index (Phi) is 10.6. The lowest BCUT2D eigenvalue weighted by molar-refractivity contribution is -0.137. The van der Waals surface area contributed by atoms with Gasteiger partial charge in [-0.1, -0.05) is 147 Å². The highest BCUT2D eigenvalue weighted by Crippen LogP contribution is 2.64. The van der Waals surface area contributed by atoms with Gasteiger partial charge >= 0.3 is 12.4 Å². The Bertz CT molecular complexity index is 4180. The number of rotatable bonds is 6. The zero-order valence-electron chi connectivity index (χ0n) is 42.6. The van der Waals surface area contributed by atoms with Crippen LogP contribution in [0.2, 0.25) is 0 Å². The third-order valence-corrected chi connectivity index (χ3v) is 18.8. The van der Waals surface area contributed by atoms with E-state index < -0.39 is 28.9 Å². The number of thiophene rings is 2. The van der Waals surface area contributed by atoms with Crippen molar-refractivity contribution in [1.82, 2.24) is 0 Å². The first-order valence-electron chi connectivity index (χ1n) is 25.8. The number of anilines is 6. The lowest BCUT2D eigenvalue weighted by Gasteiger charge is -2.46. The molecular formula is C68H46F6N2S2. The van der Waals surface area contributed by atoms with Crippen molar-refractivity contribution in [2.75, 3.05) is 9.80 Å². The number of hydrogen-bond donors (Lipinski definition) is 0. The van der Waals surface area contributed by atoms with Crippen molar-refractivity contribution in [3.63, 3.8) is 0 Å². The Hall–Kier alpha value is -8.18. The molecule has 1 spiro atoms. The summed E-state index contributed by atoms with van der Waals surface area (Å²) in [5.74, 6) is 0. The van der Waals surface area contributed by atoms with Crippen LogP contribution >= 0.6 is 22.7 Å². The summed E-state index contributed by atoms with van der Waals surface area (Å²) in [5, 5.41) is 2.58. The lowest BCUT2D eigenvalue weighted by Crippen LogP contribution is -2.40. The van der Waals surface area contributed by atoms with Gasteiger partial charge in [-0.3, -0.25) is 0 Å². The van der Waals surface area contributed by atoms with Crippen molar-refractivity contribution in [2.45, 2.75) is 50.9 Å². The Morgan fingerprint density at radius 3 is 1.10 bits per heavy atom. The molecule has 0 saturated carbocycles. The highest BCUT2D eigenvalue weighted by atomic mass is 32.1. The second kappa shape index (κ2) is 17.2. The molecule has 2 nitrogen and oxygen atoms in total. The smallest absolute Gasteiger partial charge is 0.309 e. The molecule has 2 aromatic heterocycles. The highest BCUT2D eigenvalue weighted by Gasteiger charge is 2.53. The van der Waals surface area contributed by atoms with Crippen LogP contribution in [-0.4, -0.2) is 0 Å². The second-order valence-corrected chi connectivity index (χ2v) is 23.2. The maximum Gasteiger partial charge on any atom is 0.417 e. The van der Waals surface area contributed by atoms with Gasteiger partial charge in [0, 0.05) is 59.1 Å². The molecule has 2 aliphatic carbocycles. The van der Waals surface area contributed by atoms with E-state index in [0.29, 0.717) is 10.8 Å². The molecule has 2 heterocycles. The Labute approximate surface area is 454 Å². The topological polar surface area (TPSA) is 6.48 Å². The third kappa shape index (κ3) is 7.01. The molecule has 0 amide bonds. The minimum atomic E-state index is -4.54. The predicted molar refractivity (Wildman–Crippen MR) is 310 cm³/mol. The molecule has 14 rings (SSSR count). The molecule has 10 aromatic carbocycles. The van der Waals surface area contributed by atoms with E-state index in [9.17, 15) is 26.3 Å². The van der Waals surface area contributed by atoms with Crippen LogP contribution in [0.1, 0.15) is 69.5 Å². The molecule has 2 aliphatic rings. The zero-order valence-corrected chi connectivity index (χ0v) is 44.2. The molecule has 0 radical (unpaired) electrons. The van der Waals surface area contributed by atoms with Crippen LogP contribution in [0.5, 0.6) is 0 Å². The SMILES string of the molecule is Cc1cccc(N(c2ccc3c(c2)-c2cc(N(c4cccc(C)c4)c4cccc5c4sc4c(C(F)(F)F)cccc45)ccc2C32c3ccccc3C(C)(C)c3ccccc32)c2cccc3c2sc2c(C(F)(F)F)cccc23)c1. The molecule has 10 heteroatoms. The summed E-state index contributed by atoms with van der Waals surface area (Å²) < 4.78 is 90.2. The first kappa shape index (κ1) is 48.2. The van der Waals surface area contributed by atoms with Crippen molar-refractivity contribution in [3.05, 3.63) is 262 Å². The van der Waals surface area contributed by atoms with Crippen LogP contribution in [0, 0.1) is 13.8 Å². The van der Waals surface area contributed by atoms with Crippen LogP contribution in [0.3, 0.4) is 0 Å². The van der Waals surface area contributed by atoms with E-state index in [2.05, 4.69) is 121 Å². The Morgan fingerprint density at radius 1 is 0.346 bits per heavy atom. The van der Waals surface area contributed by atoms with Crippen molar-refractivity contribution in [3.8, 4) is 11.1 Å². The maximum absolute atomic E-state index is 14.7. The van der Waals surface area contributed by atoms with Gasteiger partial charge in [-0.2, -0.15) is 26.3 Å². The predicted octanol–water partition coefficient (Wildman–Crippen LogP) is 21.0. The van der Waals surface area contributed by atoms with E-state index in [4.69, 9.17) is 0 Å². The van der Waals surface area contributed by atoms with Gasteiger partial charge in [-0.05, 0) is 142 Å². The van der Waals surface area contributed by atoms with Crippen molar-refractivity contribution < 1.29 is 26.3 Å². The lowest BCUT2D eigenvalue weighted by atomic mass is 9.55.